The minimum absolute atomic E-state index is 0.0941. The minimum atomic E-state index is -0.268. The number of aliphatic hydroxyl groups excluding tert-OH is 2. The summed E-state index contributed by atoms with van der Waals surface area (Å²) in [5.74, 6) is 0.326. The summed E-state index contributed by atoms with van der Waals surface area (Å²) in [7, 11) is 3.66. The fraction of sp³-hybridized carbons (Fsp3) is 0.423. The first kappa shape index (κ1) is 23.7. The van der Waals surface area contributed by atoms with Crippen LogP contribution in [0.25, 0.3) is 10.1 Å². The first-order valence-electron chi connectivity index (χ1n) is 11.4. The molecule has 33 heavy (non-hydrogen) atoms. The Balaban J connectivity index is 1.65. The van der Waals surface area contributed by atoms with E-state index in [4.69, 9.17) is 4.74 Å². The SMILES string of the molecule is COc1cc(C(=O)N(CCC2CCCN2C)Cc2csc3ccccc23)cc(CO)c1CO. The average molecular weight is 469 g/mol. The van der Waals surface area contributed by atoms with E-state index in [1.54, 1.807) is 23.5 Å². The highest BCUT2D eigenvalue weighted by molar-refractivity contribution is 7.17. The van der Waals surface area contributed by atoms with E-state index in [0.717, 1.165) is 24.9 Å². The van der Waals surface area contributed by atoms with Crippen molar-refractivity contribution in [3.63, 3.8) is 0 Å². The number of carbonyl (C=O) groups excluding carboxylic acids is 1. The molecule has 1 saturated heterocycles. The van der Waals surface area contributed by atoms with Gasteiger partial charge in [0.25, 0.3) is 5.91 Å². The van der Waals surface area contributed by atoms with Crippen molar-refractivity contribution in [3.05, 3.63) is 64.0 Å². The van der Waals surface area contributed by atoms with Crippen molar-refractivity contribution in [2.24, 2.45) is 0 Å². The summed E-state index contributed by atoms with van der Waals surface area (Å²) in [5.41, 5.74) is 2.63. The lowest BCUT2D eigenvalue weighted by Gasteiger charge is -2.27. The second-order valence-corrected chi connectivity index (χ2v) is 9.59. The number of aliphatic hydroxyl groups is 2. The molecule has 176 valence electrons. The molecule has 2 N–H and O–H groups in total. The van der Waals surface area contributed by atoms with Crippen molar-refractivity contribution < 1.29 is 19.7 Å². The van der Waals surface area contributed by atoms with Crippen LogP contribution >= 0.6 is 11.3 Å². The molecule has 1 aromatic heterocycles. The maximum atomic E-state index is 13.7. The molecule has 0 aliphatic carbocycles. The van der Waals surface area contributed by atoms with Gasteiger partial charge in [-0.05, 0) is 72.9 Å². The summed E-state index contributed by atoms with van der Waals surface area (Å²) in [4.78, 5) is 18.0. The molecule has 1 aliphatic heterocycles. The quantitative estimate of drug-likeness (QED) is 0.496. The van der Waals surface area contributed by atoms with Crippen LogP contribution in [0.2, 0.25) is 0 Å². The molecule has 1 fully saturated rings. The first-order valence-corrected chi connectivity index (χ1v) is 12.3. The normalized spacial score (nSPS) is 16.4. The number of hydrogen-bond donors (Lipinski definition) is 2. The maximum absolute atomic E-state index is 13.7. The number of methoxy groups -OCH3 is 1. The van der Waals surface area contributed by atoms with Gasteiger partial charge in [0.05, 0.1) is 20.3 Å². The number of fused-ring (bicyclic) bond motifs is 1. The molecule has 1 aliphatic rings. The number of thiophene rings is 1. The van der Waals surface area contributed by atoms with Gasteiger partial charge in [0.15, 0.2) is 0 Å². The lowest BCUT2D eigenvalue weighted by Crippen LogP contribution is -2.35. The molecule has 2 heterocycles. The van der Waals surface area contributed by atoms with Crippen LogP contribution in [0.4, 0.5) is 0 Å². The van der Waals surface area contributed by atoms with E-state index >= 15 is 0 Å². The summed E-state index contributed by atoms with van der Waals surface area (Å²) in [6.45, 7) is 1.75. The van der Waals surface area contributed by atoms with Crippen LogP contribution in [0.3, 0.4) is 0 Å². The molecule has 1 atom stereocenters. The van der Waals surface area contributed by atoms with E-state index in [9.17, 15) is 15.0 Å². The third kappa shape index (κ3) is 5.06. The highest BCUT2D eigenvalue weighted by atomic mass is 32.1. The molecule has 1 amide bonds. The van der Waals surface area contributed by atoms with Crippen molar-refractivity contribution >= 4 is 27.3 Å². The fourth-order valence-corrected chi connectivity index (χ4v) is 5.73. The molecule has 1 unspecified atom stereocenters. The van der Waals surface area contributed by atoms with Crippen molar-refractivity contribution in [2.45, 2.75) is 45.1 Å². The smallest absolute Gasteiger partial charge is 0.254 e. The van der Waals surface area contributed by atoms with Crippen molar-refractivity contribution in [3.8, 4) is 5.75 Å². The Hall–Kier alpha value is -2.45. The van der Waals surface area contributed by atoms with Gasteiger partial charge in [0.1, 0.15) is 5.75 Å². The maximum Gasteiger partial charge on any atom is 0.254 e. The molecule has 4 rings (SSSR count). The van der Waals surface area contributed by atoms with Crippen LogP contribution in [0, 0.1) is 0 Å². The lowest BCUT2D eigenvalue weighted by molar-refractivity contribution is 0.0729. The van der Waals surface area contributed by atoms with E-state index in [1.165, 1.54) is 23.6 Å². The summed E-state index contributed by atoms with van der Waals surface area (Å²) in [6.07, 6.45) is 3.28. The predicted molar refractivity (Wildman–Crippen MR) is 132 cm³/mol. The van der Waals surface area contributed by atoms with Gasteiger partial charge in [-0.1, -0.05) is 18.2 Å². The molecule has 7 heteroatoms. The van der Waals surface area contributed by atoms with Gasteiger partial charge in [-0.3, -0.25) is 4.79 Å². The van der Waals surface area contributed by atoms with E-state index in [-0.39, 0.29) is 19.1 Å². The number of ether oxygens (including phenoxy) is 1. The summed E-state index contributed by atoms with van der Waals surface area (Å²) < 4.78 is 6.64. The molecule has 0 radical (unpaired) electrons. The number of carbonyl (C=O) groups is 1. The number of amides is 1. The molecule has 2 aromatic carbocycles. The van der Waals surface area contributed by atoms with E-state index in [0.29, 0.717) is 41.6 Å². The Bertz CT molecular complexity index is 1090. The lowest BCUT2D eigenvalue weighted by atomic mass is 10.0. The minimum Gasteiger partial charge on any atom is -0.496 e. The zero-order valence-electron chi connectivity index (χ0n) is 19.3. The van der Waals surface area contributed by atoms with Gasteiger partial charge in [-0.15, -0.1) is 11.3 Å². The van der Waals surface area contributed by atoms with E-state index in [1.807, 2.05) is 17.0 Å². The largest absolute Gasteiger partial charge is 0.496 e. The van der Waals surface area contributed by atoms with Gasteiger partial charge < -0.3 is 24.7 Å². The molecular formula is C26H32N2O4S. The standard InChI is InChI=1S/C26H32N2O4S/c1-27-10-5-6-21(27)9-11-28(14-20-17-33-25-8-4-3-7-22(20)25)26(31)18-12-19(15-29)23(16-30)24(13-18)32-2/h3-4,7-8,12-13,17,21,29-30H,5-6,9-11,14-16H2,1-2H3. The van der Waals surface area contributed by atoms with E-state index in [2.05, 4.69) is 29.5 Å². The van der Waals surface area contributed by atoms with Crippen LogP contribution in [-0.4, -0.2) is 59.2 Å². The van der Waals surface area contributed by atoms with Crippen LogP contribution in [0.5, 0.6) is 5.75 Å². The molecule has 0 spiro atoms. The van der Waals surface area contributed by atoms with Crippen LogP contribution < -0.4 is 4.74 Å². The van der Waals surface area contributed by atoms with Crippen molar-refractivity contribution in [2.75, 3.05) is 27.2 Å². The number of rotatable bonds is 9. The van der Waals surface area contributed by atoms with Crippen LogP contribution in [-0.2, 0) is 19.8 Å². The molecular weight excluding hydrogens is 436 g/mol. The second-order valence-electron chi connectivity index (χ2n) is 8.68. The van der Waals surface area contributed by atoms with Crippen molar-refractivity contribution in [1.29, 1.82) is 0 Å². The Morgan fingerprint density at radius 3 is 2.73 bits per heavy atom. The summed E-state index contributed by atoms with van der Waals surface area (Å²) >= 11 is 1.70. The third-order valence-electron chi connectivity index (χ3n) is 6.71. The monoisotopic (exact) mass is 468 g/mol. The topological polar surface area (TPSA) is 73.2 Å². The third-order valence-corrected chi connectivity index (χ3v) is 7.72. The van der Waals surface area contributed by atoms with Crippen LogP contribution in [0.15, 0.2) is 41.8 Å². The molecule has 0 saturated carbocycles. The second kappa shape index (κ2) is 10.7. The molecule has 0 bridgehead atoms. The van der Waals surface area contributed by atoms with Gasteiger partial charge in [0.2, 0.25) is 0 Å². The van der Waals surface area contributed by atoms with Gasteiger partial charge in [-0.25, -0.2) is 0 Å². The average Bonchev–Trinajstić information content (AvgIpc) is 3.45. The summed E-state index contributed by atoms with van der Waals surface area (Å²) in [6, 6.07) is 12.1. The first-order chi connectivity index (χ1) is 16.0. The Morgan fingerprint density at radius 2 is 2.03 bits per heavy atom. The molecule has 6 nitrogen and oxygen atoms in total. The number of hydrogen-bond acceptors (Lipinski definition) is 6. The van der Waals surface area contributed by atoms with Gasteiger partial charge in [0, 0.05) is 35.0 Å². The number of nitrogens with zero attached hydrogens (tertiary/aromatic N) is 2. The van der Waals surface area contributed by atoms with E-state index < -0.39 is 0 Å². The number of benzene rings is 2. The molecule has 3 aromatic rings. The number of likely N-dealkylation sites (tertiary alicyclic amines) is 1. The fourth-order valence-electron chi connectivity index (χ4n) is 4.77. The predicted octanol–water partition coefficient (Wildman–Crippen LogP) is 4.02. The van der Waals surface area contributed by atoms with Crippen LogP contribution in [0.1, 0.15) is 46.3 Å². The Labute approximate surface area is 199 Å². The zero-order valence-corrected chi connectivity index (χ0v) is 20.1. The Kier molecular flexibility index (Phi) is 7.65. The Morgan fingerprint density at radius 1 is 1.21 bits per heavy atom. The van der Waals surface area contributed by atoms with Gasteiger partial charge in [-0.2, -0.15) is 0 Å². The zero-order chi connectivity index (χ0) is 23.4. The highest BCUT2D eigenvalue weighted by Crippen LogP contribution is 2.30. The van der Waals surface area contributed by atoms with Crippen molar-refractivity contribution in [1.82, 2.24) is 9.80 Å². The summed E-state index contributed by atoms with van der Waals surface area (Å²) in [5, 5.41) is 22.9. The highest BCUT2D eigenvalue weighted by Gasteiger charge is 2.25. The van der Waals surface area contributed by atoms with Gasteiger partial charge >= 0.3 is 0 Å².